The molecule has 2 nitrogen and oxygen atoms in total. The zero-order valence-corrected chi connectivity index (χ0v) is 26.2. The molecule has 0 fully saturated rings. The Balaban J connectivity index is 1.25. The molecule has 216 valence electrons. The van der Waals surface area contributed by atoms with E-state index < -0.39 is 0 Å². The van der Waals surface area contributed by atoms with Gasteiger partial charge in [-0.1, -0.05) is 103 Å². The molecule has 0 spiro atoms. The lowest BCUT2D eigenvalue weighted by Gasteiger charge is -2.26. The van der Waals surface area contributed by atoms with Gasteiger partial charge in [0.15, 0.2) is 0 Å². The van der Waals surface area contributed by atoms with Crippen molar-refractivity contribution in [1.29, 1.82) is 0 Å². The van der Waals surface area contributed by atoms with Crippen LogP contribution in [-0.2, 0) is 0 Å². The van der Waals surface area contributed by atoms with Crippen LogP contribution in [0.2, 0.25) is 0 Å². The topological polar surface area (TPSA) is 16.4 Å². The maximum Gasteiger partial charge on any atom is 0.137 e. The monoisotopic (exact) mass is 623 g/mol. The van der Waals surface area contributed by atoms with E-state index in [4.69, 9.17) is 4.42 Å². The van der Waals surface area contributed by atoms with Gasteiger partial charge in [-0.3, -0.25) is 0 Å². The predicted molar refractivity (Wildman–Crippen MR) is 200 cm³/mol. The quantitative estimate of drug-likeness (QED) is 0.194. The van der Waals surface area contributed by atoms with Crippen LogP contribution in [0.3, 0.4) is 0 Å². The van der Waals surface area contributed by atoms with Gasteiger partial charge in [-0.15, -0.1) is 22.7 Å². The van der Waals surface area contributed by atoms with E-state index in [0.29, 0.717) is 0 Å². The molecule has 0 atom stereocenters. The number of fused-ring (bicyclic) bond motifs is 9. The molecule has 10 aromatic rings. The van der Waals surface area contributed by atoms with Crippen molar-refractivity contribution in [3.63, 3.8) is 0 Å². The molecule has 0 radical (unpaired) electrons. The van der Waals surface area contributed by atoms with E-state index >= 15 is 0 Å². The van der Waals surface area contributed by atoms with Crippen molar-refractivity contribution in [3.05, 3.63) is 152 Å². The number of anilines is 3. The Kier molecular flexibility index (Phi) is 5.65. The normalized spacial score (nSPS) is 11.9. The summed E-state index contributed by atoms with van der Waals surface area (Å²) in [7, 11) is 0. The smallest absolute Gasteiger partial charge is 0.137 e. The van der Waals surface area contributed by atoms with E-state index in [0.717, 1.165) is 39.0 Å². The van der Waals surface area contributed by atoms with E-state index in [1.54, 1.807) is 0 Å². The Morgan fingerprint density at radius 2 is 1.07 bits per heavy atom. The molecule has 0 N–H and O–H groups in total. The number of benzene rings is 7. The highest BCUT2D eigenvalue weighted by Gasteiger charge is 2.21. The SMILES string of the molecule is c1ccc(-c2cccc3c2sc2c(N(c4ccc5c(c4)oc4ccccc45)c4ccc5c(c4)sc4ccccc45)cccc23)cc1. The number of rotatable bonds is 4. The summed E-state index contributed by atoms with van der Waals surface area (Å²) in [5, 5.41) is 7.44. The molecule has 10 rings (SSSR count). The van der Waals surface area contributed by atoms with E-state index in [-0.39, 0.29) is 0 Å². The van der Waals surface area contributed by atoms with Gasteiger partial charge in [0.1, 0.15) is 11.2 Å². The lowest BCUT2D eigenvalue weighted by Crippen LogP contribution is -2.09. The number of nitrogens with zero attached hydrogens (tertiary/aromatic N) is 1. The van der Waals surface area contributed by atoms with Gasteiger partial charge in [0.25, 0.3) is 0 Å². The summed E-state index contributed by atoms with van der Waals surface area (Å²) in [6.07, 6.45) is 0. The first-order valence-corrected chi connectivity index (χ1v) is 17.1. The summed E-state index contributed by atoms with van der Waals surface area (Å²) in [4.78, 5) is 2.41. The zero-order valence-electron chi connectivity index (χ0n) is 24.6. The van der Waals surface area contributed by atoms with Crippen molar-refractivity contribution >= 4 is 102 Å². The second-order valence-electron chi connectivity index (χ2n) is 11.7. The molecule has 0 saturated heterocycles. The third kappa shape index (κ3) is 3.87. The largest absolute Gasteiger partial charge is 0.456 e. The number of furan rings is 1. The minimum absolute atomic E-state index is 0.890. The number of hydrogen-bond acceptors (Lipinski definition) is 4. The van der Waals surface area contributed by atoms with Gasteiger partial charge in [0.05, 0.1) is 10.4 Å². The van der Waals surface area contributed by atoms with Gasteiger partial charge in [0.2, 0.25) is 0 Å². The molecule has 0 amide bonds. The highest BCUT2D eigenvalue weighted by molar-refractivity contribution is 7.27. The van der Waals surface area contributed by atoms with Gasteiger partial charge in [-0.2, -0.15) is 0 Å². The second kappa shape index (κ2) is 10.0. The number of hydrogen-bond donors (Lipinski definition) is 0. The first-order chi connectivity index (χ1) is 22.8. The van der Waals surface area contributed by atoms with E-state index in [9.17, 15) is 0 Å². The number of para-hydroxylation sites is 1. The zero-order chi connectivity index (χ0) is 30.2. The van der Waals surface area contributed by atoms with Crippen LogP contribution in [-0.4, -0.2) is 0 Å². The summed E-state index contributed by atoms with van der Waals surface area (Å²) in [6.45, 7) is 0. The fourth-order valence-electron chi connectivity index (χ4n) is 6.96. The number of thiophene rings is 2. The standard InChI is InChI=1S/C42H25NOS2/c1-2-10-26(11-3-1)29-14-8-15-34-35-16-9-17-36(42(35)46-41(29)34)43(27-20-22-31-30-12-4-6-18-37(30)44-38(31)24-27)28-21-23-33-32-13-5-7-19-39(32)45-40(33)25-28/h1-25H. The molecular weight excluding hydrogens is 599 g/mol. The Hall–Kier alpha value is -5.42. The minimum atomic E-state index is 0.890. The van der Waals surface area contributed by atoms with Crippen molar-refractivity contribution in [2.45, 2.75) is 0 Å². The van der Waals surface area contributed by atoms with Crippen molar-refractivity contribution in [2.75, 3.05) is 4.90 Å². The first-order valence-electron chi connectivity index (χ1n) is 15.4. The summed E-state index contributed by atoms with van der Waals surface area (Å²) >= 11 is 3.73. The average molecular weight is 624 g/mol. The fourth-order valence-corrected chi connectivity index (χ4v) is 9.44. The van der Waals surface area contributed by atoms with Crippen molar-refractivity contribution in [3.8, 4) is 11.1 Å². The Labute approximate surface area is 273 Å². The third-order valence-electron chi connectivity index (χ3n) is 9.07. The van der Waals surface area contributed by atoms with Crippen LogP contribution < -0.4 is 4.90 Å². The van der Waals surface area contributed by atoms with Crippen molar-refractivity contribution in [2.24, 2.45) is 0 Å². The molecule has 0 bridgehead atoms. The van der Waals surface area contributed by atoms with Gasteiger partial charge in [-0.05, 0) is 53.6 Å². The van der Waals surface area contributed by atoms with Crippen LogP contribution in [0.1, 0.15) is 0 Å². The molecule has 3 heterocycles. The summed E-state index contributed by atoms with van der Waals surface area (Å²) in [6, 6.07) is 54.7. The van der Waals surface area contributed by atoms with Crippen LogP contribution >= 0.6 is 22.7 Å². The Morgan fingerprint density at radius 3 is 1.96 bits per heavy atom. The van der Waals surface area contributed by atoms with E-state index in [1.165, 1.54) is 51.5 Å². The van der Waals surface area contributed by atoms with Gasteiger partial charge in [0, 0.05) is 63.9 Å². The second-order valence-corrected chi connectivity index (χ2v) is 13.8. The van der Waals surface area contributed by atoms with Crippen LogP contribution in [0, 0.1) is 0 Å². The van der Waals surface area contributed by atoms with E-state index in [1.807, 2.05) is 34.8 Å². The van der Waals surface area contributed by atoms with Gasteiger partial charge in [-0.25, -0.2) is 0 Å². The molecule has 46 heavy (non-hydrogen) atoms. The molecule has 0 aliphatic carbocycles. The fraction of sp³-hybridized carbons (Fsp3) is 0. The summed E-state index contributed by atoms with van der Waals surface area (Å²) in [5.41, 5.74) is 7.67. The van der Waals surface area contributed by atoms with Crippen molar-refractivity contribution < 1.29 is 4.42 Å². The van der Waals surface area contributed by atoms with Crippen LogP contribution in [0.15, 0.2) is 156 Å². The molecule has 0 unspecified atom stereocenters. The van der Waals surface area contributed by atoms with Crippen LogP contribution in [0.5, 0.6) is 0 Å². The average Bonchev–Trinajstić information content (AvgIpc) is 3.80. The molecule has 3 aromatic heterocycles. The molecule has 7 aromatic carbocycles. The first kappa shape index (κ1) is 25.9. The molecular formula is C42H25NOS2. The van der Waals surface area contributed by atoms with E-state index in [2.05, 4.69) is 144 Å². The Morgan fingerprint density at radius 1 is 0.413 bits per heavy atom. The maximum absolute atomic E-state index is 6.40. The highest BCUT2D eigenvalue weighted by atomic mass is 32.1. The molecule has 0 saturated carbocycles. The third-order valence-corrected chi connectivity index (χ3v) is 11.5. The minimum Gasteiger partial charge on any atom is -0.456 e. The summed E-state index contributed by atoms with van der Waals surface area (Å²) in [5.74, 6) is 0. The molecule has 4 heteroatoms. The van der Waals surface area contributed by atoms with Crippen LogP contribution in [0.25, 0.3) is 73.4 Å². The van der Waals surface area contributed by atoms with Gasteiger partial charge < -0.3 is 9.32 Å². The van der Waals surface area contributed by atoms with Crippen molar-refractivity contribution in [1.82, 2.24) is 0 Å². The highest BCUT2D eigenvalue weighted by Crippen LogP contribution is 2.48. The lowest BCUT2D eigenvalue weighted by atomic mass is 10.0. The molecule has 0 aliphatic heterocycles. The maximum atomic E-state index is 6.40. The van der Waals surface area contributed by atoms with Gasteiger partial charge >= 0.3 is 0 Å². The lowest BCUT2D eigenvalue weighted by molar-refractivity contribution is 0.669. The Bertz CT molecular complexity index is 2650. The summed E-state index contributed by atoms with van der Waals surface area (Å²) < 4.78 is 11.6. The molecule has 0 aliphatic rings. The predicted octanol–water partition coefficient (Wildman–Crippen LogP) is 13.5. The van der Waals surface area contributed by atoms with Crippen LogP contribution in [0.4, 0.5) is 17.1 Å².